The van der Waals surface area contributed by atoms with Gasteiger partial charge in [-0.25, -0.2) is 19.0 Å². The molecule has 0 N–H and O–H groups in total. The summed E-state index contributed by atoms with van der Waals surface area (Å²) in [5.41, 5.74) is 1.75. The van der Waals surface area contributed by atoms with E-state index in [1.165, 1.54) is 37.4 Å². The van der Waals surface area contributed by atoms with Gasteiger partial charge in [-0.1, -0.05) is 19.1 Å². The van der Waals surface area contributed by atoms with Gasteiger partial charge in [0.2, 0.25) is 0 Å². The van der Waals surface area contributed by atoms with Crippen molar-refractivity contribution in [3.8, 4) is 11.1 Å². The number of rotatable bonds is 5. The molecule has 1 heterocycles. The molecule has 6 heteroatoms. The van der Waals surface area contributed by atoms with Crippen LogP contribution in [0.1, 0.15) is 40.4 Å². The van der Waals surface area contributed by atoms with E-state index in [1.807, 2.05) is 6.92 Å². The Morgan fingerprint density at radius 3 is 2.33 bits per heavy atom. The number of methoxy groups -OCH3 is 1. The molecule has 0 saturated heterocycles. The van der Waals surface area contributed by atoms with Gasteiger partial charge < -0.3 is 9.47 Å². The van der Waals surface area contributed by atoms with Gasteiger partial charge in [-0.3, -0.25) is 0 Å². The van der Waals surface area contributed by atoms with Crippen molar-refractivity contribution in [2.45, 2.75) is 20.3 Å². The van der Waals surface area contributed by atoms with Crippen molar-refractivity contribution in [3.05, 3.63) is 53.1 Å². The molecule has 5 nitrogen and oxygen atoms in total. The molecule has 0 spiro atoms. The van der Waals surface area contributed by atoms with Crippen LogP contribution in [0.15, 0.2) is 30.3 Å². The third kappa shape index (κ3) is 3.59. The highest BCUT2D eigenvalue weighted by Gasteiger charge is 2.22. The fourth-order valence-corrected chi connectivity index (χ4v) is 2.31. The Labute approximate surface area is 139 Å². The number of aromatic nitrogens is 1. The van der Waals surface area contributed by atoms with Crippen LogP contribution in [-0.2, 0) is 15.9 Å². The molecule has 0 aliphatic rings. The predicted octanol–water partition coefficient (Wildman–Crippen LogP) is 3.41. The first-order valence-electron chi connectivity index (χ1n) is 7.57. The smallest absolute Gasteiger partial charge is 0.357 e. The Morgan fingerprint density at radius 1 is 1.12 bits per heavy atom. The molecular formula is C18H18FNO4. The van der Waals surface area contributed by atoms with Crippen LogP contribution in [0.2, 0.25) is 0 Å². The minimum atomic E-state index is -0.594. The molecule has 0 fully saturated rings. The van der Waals surface area contributed by atoms with Gasteiger partial charge in [0.05, 0.1) is 25.0 Å². The number of carbonyl (C=O) groups excluding carboxylic acids is 2. The van der Waals surface area contributed by atoms with E-state index in [1.54, 1.807) is 6.92 Å². The molecule has 126 valence electrons. The maximum absolute atomic E-state index is 13.2. The van der Waals surface area contributed by atoms with E-state index >= 15 is 0 Å². The van der Waals surface area contributed by atoms with Crippen molar-refractivity contribution in [1.82, 2.24) is 4.98 Å². The quantitative estimate of drug-likeness (QED) is 0.786. The number of pyridine rings is 1. The van der Waals surface area contributed by atoms with Crippen molar-refractivity contribution in [2.24, 2.45) is 0 Å². The maximum atomic E-state index is 13.2. The molecule has 0 unspecified atom stereocenters. The van der Waals surface area contributed by atoms with Crippen LogP contribution in [0.3, 0.4) is 0 Å². The van der Waals surface area contributed by atoms with Crippen LogP contribution in [0.5, 0.6) is 0 Å². The highest BCUT2D eigenvalue weighted by atomic mass is 19.1. The molecule has 0 saturated carbocycles. The lowest BCUT2D eigenvalue weighted by atomic mass is 9.99. The molecule has 1 aromatic carbocycles. The van der Waals surface area contributed by atoms with Crippen LogP contribution in [0.25, 0.3) is 11.1 Å². The molecule has 0 atom stereocenters. The fourth-order valence-electron chi connectivity index (χ4n) is 2.31. The second-order valence-electron chi connectivity index (χ2n) is 4.95. The second-order valence-corrected chi connectivity index (χ2v) is 4.95. The van der Waals surface area contributed by atoms with Gasteiger partial charge in [0.15, 0.2) is 5.69 Å². The molecule has 24 heavy (non-hydrogen) atoms. The number of nitrogens with zero attached hydrogens (tertiary/aromatic N) is 1. The summed E-state index contributed by atoms with van der Waals surface area (Å²) in [5, 5.41) is 0. The zero-order valence-electron chi connectivity index (χ0n) is 13.8. The van der Waals surface area contributed by atoms with Gasteiger partial charge in [-0.2, -0.15) is 0 Å². The monoisotopic (exact) mass is 331 g/mol. The molecule has 0 radical (unpaired) electrons. The van der Waals surface area contributed by atoms with Crippen LogP contribution >= 0.6 is 0 Å². The number of esters is 2. The zero-order valence-corrected chi connectivity index (χ0v) is 13.8. The first-order chi connectivity index (χ1) is 11.5. The topological polar surface area (TPSA) is 65.5 Å². The van der Waals surface area contributed by atoms with Crippen molar-refractivity contribution >= 4 is 11.9 Å². The molecule has 0 aliphatic heterocycles. The SMILES string of the molecule is CCOC(=O)c1nc(CC)c(C(=O)OC)cc1-c1ccc(F)cc1. The van der Waals surface area contributed by atoms with E-state index in [4.69, 9.17) is 9.47 Å². The van der Waals surface area contributed by atoms with E-state index in [-0.39, 0.29) is 17.9 Å². The zero-order chi connectivity index (χ0) is 17.7. The van der Waals surface area contributed by atoms with Crippen LogP contribution < -0.4 is 0 Å². The normalized spacial score (nSPS) is 10.3. The lowest BCUT2D eigenvalue weighted by molar-refractivity contribution is 0.0517. The molecule has 2 rings (SSSR count). The van der Waals surface area contributed by atoms with Gasteiger partial charge in [0, 0.05) is 5.56 Å². The predicted molar refractivity (Wildman–Crippen MR) is 86.3 cm³/mol. The summed E-state index contributed by atoms with van der Waals surface area (Å²) in [6.45, 7) is 3.71. The van der Waals surface area contributed by atoms with E-state index < -0.39 is 17.8 Å². The number of benzene rings is 1. The van der Waals surface area contributed by atoms with Crippen LogP contribution in [-0.4, -0.2) is 30.6 Å². The third-order valence-electron chi connectivity index (χ3n) is 3.47. The highest BCUT2D eigenvalue weighted by molar-refractivity contribution is 5.99. The van der Waals surface area contributed by atoms with Gasteiger partial charge in [-0.05, 0) is 37.1 Å². The van der Waals surface area contributed by atoms with E-state index in [9.17, 15) is 14.0 Å². The van der Waals surface area contributed by atoms with E-state index in [0.717, 1.165) is 0 Å². The summed E-state index contributed by atoms with van der Waals surface area (Å²) >= 11 is 0. The largest absolute Gasteiger partial charge is 0.465 e. The summed E-state index contributed by atoms with van der Waals surface area (Å²) in [5.74, 6) is -1.54. The molecule has 0 aliphatic carbocycles. The molecule has 0 bridgehead atoms. The maximum Gasteiger partial charge on any atom is 0.357 e. The summed E-state index contributed by atoms with van der Waals surface area (Å²) in [6, 6.07) is 7.12. The Morgan fingerprint density at radius 2 is 1.79 bits per heavy atom. The fraction of sp³-hybridized carbons (Fsp3) is 0.278. The molecular weight excluding hydrogens is 313 g/mol. The average molecular weight is 331 g/mol. The Balaban J connectivity index is 2.69. The van der Waals surface area contributed by atoms with Gasteiger partial charge >= 0.3 is 11.9 Å². The van der Waals surface area contributed by atoms with Crippen molar-refractivity contribution < 1.29 is 23.5 Å². The number of halogens is 1. The van der Waals surface area contributed by atoms with Gasteiger partial charge in [-0.15, -0.1) is 0 Å². The summed E-state index contributed by atoms with van der Waals surface area (Å²) in [4.78, 5) is 28.6. The van der Waals surface area contributed by atoms with E-state index in [2.05, 4.69) is 4.98 Å². The molecule has 0 amide bonds. The number of hydrogen-bond acceptors (Lipinski definition) is 5. The Bertz CT molecular complexity index is 756. The lowest BCUT2D eigenvalue weighted by Gasteiger charge is -2.13. The summed E-state index contributed by atoms with van der Waals surface area (Å²) < 4.78 is 23.0. The second kappa shape index (κ2) is 7.68. The molecule has 1 aromatic heterocycles. The average Bonchev–Trinajstić information content (AvgIpc) is 2.60. The lowest BCUT2D eigenvalue weighted by Crippen LogP contribution is -2.15. The number of carbonyl (C=O) groups is 2. The van der Waals surface area contributed by atoms with Crippen molar-refractivity contribution in [1.29, 1.82) is 0 Å². The first-order valence-corrected chi connectivity index (χ1v) is 7.57. The van der Waals surface area contributed by atoms with Crippen LogP contribution in [0.4, 0.5) is 4.39 Å². The third-order valence-corrected chi connectivity index (χ3v) is 3.47. The Hall–Kier alpha value is -2.76. The highest BCUT2D eigenvalue weighted by Crippen LogP contribution is 2.27. The van der Waals surface area contributed by atoms with Gasteiger partial charge in [0.25, 0.3) is 0 Å². The standard InChI is InChI=1S/C18H18FNO4/c1-4-15-14(17(21)23-3)10-13(11-6-8-12(19)9-7-11)16(20-15)18(22)24-5-2/h6-10H,4-5H2,1-3H3. The van der Waals surface area contributed by atoms with Crippen molar-refractivity contribution in [2.75, 3.05) is 13.7 Å². The first kappa shape index (κ1) is 17.6. The summed E-state index contributed by atoms with van der Waals surface area (Å²) in [7, 11) is 1.28. The Kier molecular flexibility index (Phi) is 5.63. The minimum absolute atomic E-state index is 0.0907. The minimum Gasteiger partial charge on any atom is -0.465 e. The number of aryl methyl sites for hydroxylation is 1. The van der Waals surface area contributed by atoms with Gasteiger partial charge in [0.1, 0.15) is 5.82 Å². The number of hydrogen-bond donors (Lipinski definition) is 0. The molecule has 2 aromatic rings. The van der Waals surface area contributed by atoms with Crippen LogP contribution in [0, 0.1) is 5.82 Å². The summed E-state index contributed by atoms with van der Waals surface area (Å²) in [6.07, 6.45) is 0.445. The number of ether oxygens (including phenoxy) is 2. The van der Waals surface area contributed by atoms with E-state index in [0.29, 0.717) is 23.2 Å². The van der Waals surface area contributed by atoms with Crippen molar-refractivity contribution in [3.63, 3.8) is 0 Å².